The van der Waals surface area contributed by atoms with Crippen molar-refractivity contribution in [1.29, 1.82) is 0 Å². The first-order valence-electron chi connectivity index (χ1n) is 4.46. The van der Waals surface area contributed by atoms with Crippen molar-refractivity contribution in [3.05, 3.63) is 24.3 Å². The second kappa shape index (κ2) is 4.91. The maximum Gasteiger partial charge on any atom is 0.390 e. The predicted molar refractivity (Wildman–Crippen MR) is 52.2 cm³/mol. The molecule has 0 radical (unpaired) electrons. The van der Waals surface area contributed by atoms with Gasteiger partial charge in [-0.25, -0.2) is 0 Å². The second-order valence-electron chi connectivity index (χ2n) is 3.02. The van der Waals surface area contributed by atoms with Crippen molar-refractivity contribution in [3.63, 3.8) is 0 Å². The molecule has 0 fully saturated rings. The summed E-state index contributed by atoms with van der Waals surface area (Å²) in [5, 5.41) is 2.68. The predicted octanol–water partition coefficient (Wildman–Crippen LogP) is 3.06. The zero-order valence-corrected chi connectivity index (χ0v) is 8.27. The number of methoxy groups -OCH3 is 1. The Morgan fingerprint density at radius 3 is 2.67 bits per heavy atom. The molecule has 0 bridgehead atoms. The van der Waals surface area contributed by atoms with Crippen LogP contribution in [-0.4, -0.2) is 19.8 Å². The lowest BCUT2D eigenvalue weighted by atomic mass is 10.3. The zero-order valence-electron chi connectivity index (χ0n) is 8.27. The second-order valence-corrected chi connectivity index (χ2v) is 3.02. The summed E-state index contributed by atoms with van der Waals surface area (Å²) in [4.78, 5) is 0. The molecule has 0 aliphatic carbocycles. The first kappa shape index (κ1) is 11.7. The van der Waals surface area contributed by atoms with Gasteiger partial charge in [-0.05, 0) is 12.1 Å². The van der Waals surface area contributed by atoms with E-state index in [9.17, 15) is 13.2 Å². The summed E-state index contributed by atoms with van der Waals surface area (Å²) >= 11 is 0. The maximum absolute atomic E-state index is 11.8. The Hall–Kier alpha value is -1.39. The first-order valence-corrected chi connectivity index (χ1v) is 4.46. The Kier molecular flexibility index (Phi) is 3.82. The highest BCUT2D eigenvalue weighted by Crippen LogP contribution is 2.21. The van der Waals surface area contributed by atoms with Crippen molar-refractivity contribution >= 4 is 5.69 Å². The molecule has 0 saturated heterocycles. The summed E-state index contributed by atoms with van der Waals surface area (Å²) in [5.74, 6) is 0.618. The molecule has 0 aliphatic rings. The van der Waals surface area contributed by atoms with E-state index in [1.165, 1.54) is 7.11 Å². The van der Waals surface area contributed by atoms with Crippen molar-refractivity contribution in [3.8, 4) is 5.75 Å². The van der Waals surface area contributed by atoms with Crippen molar-refractivity contribution in [1.82, 2.24) is 0 Å². The first-order chi connectivity index (χ1) is 7.01. The Morgan fingerprint density at radius 1 is 1.33 bits per heavy atom. The van der Waals surface area contributed by atoms with Gasteiger partial charge < -0.3 is 10.1 Å². The Bertz CT molecular complexity index is 312. The maximum atomic E-state index is 11.8. The van der Waals surface area contributed by atoms with Crippen molar-refractivity contribution in [2.45, 2.75) is 12.6 Å². The number of nitrogens with one attached hydrogen (secondary N) is 1. The SMILES string of the molecule is COc1cccc(NCCC(F)(F)F)c1. The summed E-state index contributed by atoms with van der Waals surface area (Å²) in [5.41, 5.74) is 0.624. The fourth-order valence-corrected chi connectivity index (χ4v) is 1.08. The molecule has 0 aliphatic heterocycles. The molecule has 15 heavy (non-hydrogen) atoms. The third-order valence-electron chi connectivity index (χ3n) is 1.81. The normalized spacial score (nSPS) is 11.2. The lowest BCUT2D eigenvalue weighted by Gasteiger charge is -2.09. The Balaban J connectivity index is 2.44. The molecule has 0 aromatic heterocycles. The van der Waals surface area contributed by atoms with E-state index in [-0.39, 0.29) is 6.54 Å². The summed E-state index contributed by atoms with van der Waals surface area (Å²) in [7, 11) is 1.51. The van der Waals surface area contributed by atoms with E-state index < -0.39 is 12.6 Å². The topological polar surface area (TPSA) is 21.3 Å². The Labute approximate surface area is 86.1 Å². The molecule has 1 N–H and O–H groups in total. The van der Waals surface area contributed by atoms with Crippen LogP contribution in [0.1, 0.15) is 6.42 Å². The van der Waals surface area contributed by atoms with E-state index in [4.69, 9.17) is 4.74 Å². The van der Waals surface area contributed by atoms with E-state index in [1.54, 1.807) is 24.3 Å². The van der Waals surface area contributed by atoms with Crippen LogP contribution in [0.4, 0.5) is 18.9 Å². The van der Waals surface area contributed by atoms with Gasteiger partial charge in [0.1, 0.15) is 5.75 Å². The molecule has 1 rings (SSSR count). The molecule has 0 amide bonds. The lowest BCUT2D eigenvalue weighted by molar-refractivity contribution is -0.131. The minimum atomic E-state index is -4.12. The number of hydrogen-bond acceptors (Lipinski definition) is 2. The average molecular weight is 219 g/mol. The molecule has 0 atom stereocenters. The van der Waals surface area contributed by atoms with Crippen LogP contribution in [0.25, 0.3) is 0 Å². The summed E-state index contributed by atoms with van der Waals surface area (Å²) in [6.45, 7) is -0.128. The third-order valence-corrected chi connectivity index (χ3v) is 1.81. The average Bonchev–Trinajstić information content (AvgIpc) is 2.16. The minimum absolute atomic E-state index is 0.128. The number of anilines is 1. The monoisotopic (exact) mass is 219 g/mol. The standard InChI is InChI=1S/C10H12F3NO/c1-15-9-4-2-3-8(7-9)14-6-5-10(11,12)13/h2-4,7,14H,5-6H2,1H3. The molecule has 1 aromatic rings. The number of rotatable bonds is 4. The number of hydrogen-bond donors (Lipinski definition) is 1. The molecule has 0 unspecified atom stereocenters. The van der Waals surface area contributed by atoms with Crippen LogP contribution < -0.4 is 10.1 Å². The summed E-state index contributed by atoms with van der Waals surface area (Å²) in [6.07, 6.45) is -4.96. The van der Waals surface area contributed by atoms with Crippen molar-refractivity contribution < 1.29 is 17.9 Å². The van der Waals surface area contributed by atoms with Gasteiger partial charge in [0.25, 0.3) is 0 Å². The smallest absolute Gasteiger partial charge is 0.390 e. The number of halogens is 3. The number of ether oxygens (including phenoxy) is 1. The number of alkyl halides is 3. The fourth-order valence-electron chi connectivity index (χ4n) is 1.08. The molecular formula is C10H12F3NO. The molecule has 5 heteroatoms. The van der Waals surface area contributed by atoms with Gasteiger partial charge in [0.2, 0.25) is 0 Å². The highest BCUT2D eigenvalue weighted by Gasteiger charge is 2.25. The van der Waals surface area contributed by atoms with Crippen LogP contribution in [0.15, 0.2) is 24.3 Å². The van der Waals surface area contributed by atoms with Gasteiger partial charge in [-0.1, -0.05) is 6.07 Å². The van der Waals surface area contributed by atoms with Crippen LogP contribution in [-0.2, 0) is 0 Å². The molecule has 0 heterocycles. The highest BCUT2D eigenvalue weighted by atomic mass is 19.4. The minimum Gasteiger partial charge on any atom is -0.497 e. The van der Waals surface area contributed by atoms with E-state index >= 15 is 0 Å². The van der Waals surface area contributed by atoms with Crippen LogP contribution in [0, 0.1) is 0 Å². The molecular weight excluding hydrogens is 207 g/mol. The largest absolute Gasteiger partial charge is 0.497 e. The number of benzene rings is 1. The molecule has 0 saturated carbocycles. The van der Waals surface area contributed by atoms with Gasteiger partial charge in [0.05, 0.1) is 13.5 Å². The molecule has 84 valence electrons. The summed E-state index contributed by atoms with van der Waals surface area (Å²) in [6, 6.07) is 6.79. The Morgan fingerprint density at radius 2 is 2.07 bits per heavy atom. The van der Waals surface area contributed by atoms with Gasteiger partial charge in [0.15, 0.2) is 0 Å². The van der Waals surface area contributed by atoms with E-state index in [1.807, 2.05) is 0 Å². The lowest BCUT2D eigenvalue weighted by Crippen LogP contribution is -2.14. The van der Waals surface area contributed by atoms with Gasteiger partial charge in [-0.3, -0.25) is 0 Å². The van der Waals surface area contributed by atoms with Crippen LogP contribution in [0.3, 0.4) is 0 Å². The van der Waals surface area contributed by atoms with Gasteiger partial charge in [0, 0.05) is 18.3 Å². The highest BCUT2D eigenvalue weighted by molar-refractivity contribution is 5.47. The molecule has 1 aromatic carbocycles. The van der Waals surface area contributed by atoms with Crippen LogP contribution in [0.5, 0.6) is 5.75 Å². The molecule has 2 nitrogen and oxygen atoms in total. The van der Waals surface area contributed by atoms with Gasteiger partial charge in [-0.2, -0.15) is 13.2 Å². The van der Waals surface area contributed by atoms with Crippen LogP contribution >= 0.6 is 0 Å². The van der Waals surface area contributed by atoms with Gasteiger partial charge in [-0.15, -0.1) is 0 Å². The fraction of sp³-hybridized carbons (Fsp3) is 0.400. The van der Waals surface area contributed by atoms with Crippen LogP contribution in [0.2, 0.25) is 0 Å². The van der Waals surface area contributed by atoms with Crippen molar-refractivity contribution in [2.24, 2.45) is 0 Å². The van der Waals surface area contributed by atoms with E-state index in [0.717, 1.165) is 0 Å². The van der Waals surface area contributed by atoms with E-state index in [2.05, 4.69) is 5.32 Å². The van der Waals surface area contributed by atoms with E-state index in [0.29, 0.717) is 11.4 Å². The molecule has 0 spiro atoms. The van der Waals surface area contributed by atoms with Gasteiger partial charge >= 0.3 is 6.18 Å². The summed E-state index contributed by atoms with van der Waals surface area (Å²) < 4.78 is 40.5. The quantitative estimate of drug-likeness (QED) is 0.840. The van der Waals surface area contributed by atoms with Crippen molar-refractivity contribution in [2.75, 3.05) is 19.0 Å². The third kappa shape index (κ3) is 4.58. The zero-order chi connectivity index (χ0) is 11.3.